The molecule has 1 saturated heterocycles. The highest BCUT2D eigenvalue weighted by molar-refractivity contribution is 7.85. The van der Waals surface area contributed by atoms with Crippen LogP contribution in [0.4, 0.5) is 4.79 Å². The number of morpholine rings is 1. The van der Waals surface area contributed by atoms with Crippen LogP contribution >= 0.6 is 0 Å². The highest BCUT2D eigenvalue weighted by Crippen LogP contribution is 1.91. The molecule has 8 nitrogen and oxygen atoms in total. The molecule has 0 bridgehead atoms. The summed E-state index contributed by atoms with van der Waals surface area (Å²) in [6.07, 6.45) is 0. The van der Waals surface area contributed by atoms with E-state index in [2.05, 4.69) is 10.7 Å². The van der Waals surface area contributed by atoms with Gasteiger partial charge in [-0.15, -0.1) is 0 Å². The lowest BCUT2D eigenvalue weighted by Crippen LogP contribution is -2.52. The van der Waals surface area contributed by atoms with Crippen LogP contribution in [0.2, 0.25) is 0 Å². The first-order chi connectivity index (χ1) is 7.47. The van der Waals surface area contributed by atoms with Crippen molar-refractivity contribution >= 4 is 16.1 Å². The minimum atomic E-state index is -4.03. The zero-order chi connectivity index (χ0) is 12.0. The number of hydrogen-bond donors (Lipinski definition) is 3. The smallest absolute Gasteiger partial charge is 0.329 e. The average molecular weight is 253 g/mol. The van der Waals surface area contributed by atoms with Crippen molar-refractivity contribution < 1.29 is 22.5 Å². The number of carbonyl (C=O) groups is 1. The van der Waals surface area contributed by atoms with Crippen molar-refractivity contribution in [3.8, 4) is 0 Å². The van der Waals surface area contributed by atoms with Gasteiger partial charge in [0.2, 0.25) is 0 Å². The molecule has 1 aliphatic heterocycles. The normalized spacial score (nSPS) is 18.1. The predicted octanol–water partition coefficient (Wildman–Crippen LogP) is -1.58. The molecule has 0 saturated carbocycles. The third-order valence-electron chi connectivity index (χ3n) is 1.92. The summed E-state index contributed by atoms with van der Waals surface area (Å²) in [6, 6.07) is -0.495. The average Bonchev–Trinajstić information content (AvgIpc) is 2.17. The highest BCUT2D eigenvalue weighted by atomic mass is 32.2. The Kier molecular flexibility index (Phi) is 4.93. The maximum atomic E-state index is 11.2. The van der Waals surface area contributed by atoms with Gasteiger partial charge < -0.3 is 10.1 Å². The quantitative estimate of drug-likeness (QED) is 0.522. The first-order valence-electron chi connectivity index (χ1n) is 4.80. The van der Waals surface area contributed by atoms with Gasteiger partial charge in [0, 0.05) is 19.6 Å². The SMILES string of the molecule is O=C(NCCS(=O)(=O)O)NN1CCOCC1. The lowest BCUT2D eigenvalue weighted by atomic mass is 10.5. The Morgan fingerprint density at radius 3 is 2.56 bits per heavy atom. The molecule has 0 aliphatic carbocycles. The second kappa shape index (κ2) is 5.99. The molecule has 0 unspecified atom stereocenters. The zero-order valence-electron chi connectivity index (χ0n) is 8.68. The fraction of sp³-hybridized carbons (Fsp3) is 0.857. The van der Waals surface area contributed by atoms with Gasteiger partial charge in [0.25, 0.3) is 10.1 Å². The number of hydrazine groups is 1. The van der Waals surface area contributed by atoms with Crippen molar-refractivity contribution in [1.82, 2.24) is 15.8 Å². The highest BCUT2D eigenvalue weighted by Gasteiger charge is 2.13. The first kappa shape index (κ1) is 13.2. The van der Waals surface area contributed by atoms with Crippen molar-refractivity contribution in [3.63, 3.8) is 0 Å². The first-order valence-corrected chi connectivity index (χ1v) is 6.40. The number of ether oxygens (including phenoxy) is 1. The summed E-state index contributed by atoms with van der Waals surface area (Å²) in [5, 5.41) is 3.99. The second-order valence-electron chi connectivity index (χ2n) is 3.25. The number of nitrogens with one attached hydrogen (secondary N) is 2. The molecular weight excluding hydrogens is 238 g/mol. The van der Waals surface area contributed by atoms with Crippen LogP contribution in [0.1, 0.15) is 0 Å². The van der Waals surface area contributed by atoms with E-state index in [0.717, 1.165) is 0 Å². The van der Waals surface area contributed by atoms with Crippen LogP contribution in [0.5, 0.6) is 0 Å². The number of carbonyl (C=O) groups excluding carboxylic acids is 1. The van der Waals surface area contributed by atoms with E-state index in [0.29, 0.717) is 26.3 Å². The van der Waals surface area contributed by atoms with Gasteiger partial charge in [0.1, 0.15) is 0 Å². The van der Waals surface area contributed by atoms with E-state index < -0.39 is 21.9 Å². The fourth-order valence-corrected chi connectivity index (χ4v) is 1.51. The summed E-state index contributed by atoms with van der Waals surface area (Å²) in [4.78, 5) is 11.2. The van der Waals surface area contributed by atoms with E-state index in [9.17, 15) is 13.2 Å². The molecule has 1 fully saturated rings. The summed E-state index contributed by atoms with van der Waals surface area (Å²) in [6.45, 7) is 2.14. The zero-order valence-corrected chi connectivity index (χ0v) is 9.49. The minimum Gasteiger partial charge on any atom is -0.379 e. The van der Waals surface area contributed by atoms with Crippen LogP contribution in [0.3, 0.4) is 0 Å². The Morgan fingerprint density at radius 2 is 2.00 bits per heavy atom. The molecule has 16 heavy (non-hydrogen) atoms. The van der Waals surface area contributed by atoms with Crippen molar-refractivity contribution in [3.05, 3.63) is 0 Å². The summed E-state index contributed by atoms with van der Waals surface area (Å²) in [5.41, 5.74) is 2.53. The largest absolute Gasteiger partial charge is 0.379 e. The van der Waals surface area contributed by atoms with Gasteiger partial charge in [-0.05, 0) is 0 Å². The molecule has 0 radical (unpaired) electrons. The predicted molar refractivity (Wildman–Crippen MR) is 55.3 cm³/mol. The molecular formula is C7H15N3O5S. The molecule has 94 valence electrons. The summed E-state index contributed by atoms with van der Waals surface area (Å²) < 4.78 is 34.2. The standard InChI is InChI=1S/C7H15N3O5S/c11-7(8-1-6-16(12,13)14)9-10-2-4-15-5-3-10/h1-6H2,(H2,8,9,11)(H,12,13,14). The number of rotatable bonds is 4. The van der Waals surface area contributed by atoms with Gasteiger partial charge >= 0.3 is 6.03 Å². The van der Waals surface area contributed by atoms with E-state index in [1.165, 1.54) is 0 Å². The number of amides is 2. The molecule has 0 aromatic carbocycles. The lowest BCUT2D eigenvalue weighted by molar-refractivity contribution is 0.0196. The molecule has 0 atom stereocenters. The van der Waals surface area contributed by atoms with Gasteiger partial charge in [-0.1, -0.05) is 0 Å². The summed E-state index contributed by atoms with van der Waals surface area (Å²) in [5.74, 6) is -0.496. The van der Waals surface area contributed by atoms with E-state index in [4.69, 9.17) is 9.29 Å². The van der Waals surface area contributed by atoms with Crippen molar-refractivity contribution in [2.75, 3.05) is 38.6 Å². The maximum absolute atomic E-state index is 11.2. The van der Waals surface area contributed by atoms with E-state index >= 15 is 0 Å². The Balaban J connectivity index is 2.15. The topological polar surface area (TPSA) is 108 Å². The molecule has 1 heterocycles. The molecule has 1 rings (SSSR count). The van der Waals surface area contributed by atoms with Crippen LogP contribution < -0.4 is 10.7 Å². The molecule has 3 N–H and O–H groups in total. The minimum absolute atomic E-state index is 0.130. The lowest BCUT2D eigenvalue weighted by Gasteiger charge is -2.26. The molecule has 2 amide bonds. The van der Waals surface area contributed by atoms with Crippen molar-refractivity contribution in [1.29, 1.82) is 0 Å². The fourth-order valence-electron chi connectivity index (χ4n) is 1.15. The van der Waals surface area contributed by atoms with Crippen LogP contribution in [0.15, 0.2) is 0 Å². The number of urea groups is 1. The second-order valence-corrected chi connectivity index (χ2v) is 4.83. The van der Waals surface area contributed by atoms with Crippen LogP contribution in [-0.2, 0) is 14.9 Å². The molecule has 1 aliphatic rings. The third kappa shape index (κ3) is 5.85. The molecule has 9 heteroatoms. The maximum Gasteiger partial charge on any atom is 0.329 e. The Hall–Kier alpha value is -0.900. The summed E-state index contributed by atoms with van der Waals surface area (Å²) >= 11 is 0. The van der Waals surface area contributed by atoms with E-state index in [1.807, 2.05) is 0 Å². The number of hydrogen-bond acceptors (Lipinski definition) is 5. The molecule has 0 aromatic heterocycles. The van der Waals surface area contributed by atoms with E-state index in [1.54, 1.807) is 5.01 Å². The van der Waals surface area contributed by atoms with Gasteiger partial charge in [0.05, 0.1) is 19.0 Å². The van der Waals surface area contributed by atoms with Crippen LogP contribution in [0, 0.1) is 0 Å². The number of nitrogens with zero attached hydrogens (tertiary/aromatic N) is 1. The monoisotopic (exact) mass is 253 g/mol. The van der Waals surface area contributed by atoms with Gasteiger partial charge in [0.15, 0.2) is 0 Å². The Labute approximate surface area is 93.7 Å². The molecule has 0 spiro atoms. The summed E-state index contributed by atoms with van der Waals surface area (Å²) in [7, 11) is -4.03. The Morgan fingerprint density at radius 1 is 1.38 bits per heavy atom. The van der Waals surface area contributed by atoms with Gasteiger partial charge in [-0.3, -0.25) is 9.98 Å². The van der Waals surface area contributed by atoms with Crippen molar-refractivity contribution in [2.24, 2.45) is 0 Å². The van der Waals surface area contributed by atoms with Crippen molar-refractivity contribution in [2.45, 2.75) is 0 Å². The molecule has 0 aromatic rings. The van der Waals surface area contributed by atoms with Crippen LogP contribution in [-0.4, -0.2) is 62.6 Å². The van der Waals surface area contributed by atoms with Gasteiger partial charge in [-0.25, -0.2) is 9.80 Å². The Bertz CT molecular complexity index is 325. The van der Waals surface area contributed by atoms with E-state index in [-0.39, 0.29) is 6.54 Å². The third-order valence-corrected chi connectivity index (χ3v) is 2.64. The van der Waals surface area contributed by atoms with Gasteiger partial charge in [-0.2, -0.15) is 8.42 Å². The van der Waals surface area contributed by atoms with Crippen LogP contribution in [0.25, 0.3) is 0 Å².